The van der Waals surface area contributed by atoms with Crippen molar-refractivity contribution >= 4 is 5.96 Å². The van der Waals surface area contributed by atoms with Crippen LogP contribution >= 0.6 is 0 Å². The lowest BCUT2D eigenvalue weighted by Crippen LogP contribution is -2.39. The molecular weight excluding hydrogens is 300 g/mol. The molecule has 5 nitrogen and oxygen atoms in total. The fourth-order valence-electron chi connectivity index (χ4n) is 2.42. The smallest absolute Gasteiger partial charge is 0.191 e. The highest BCUT2D eigenvalue weighted by molar-refractivity contribution is 5.79. The van der Waals surface area contributed by atoms with E-state index in [-0.39, 0.29) is 0 Å². The zero-order valence-electron chi connectivity index (χ0n) is 17.2. The quantitative estimate of drug-likeness (QED) is 0.307. The van der Waals surface area contributed by atoms with Crippen LogP contribution in [0.2, 0.25) is 0 Å². The Kier molecular flexibility index (Phi) is 14.0. The number of guanidine groups is 1. The second-order valence-electron chi connectivity index (χ2n) is 7.00. The maximum Gasteiger partial charge on any atom is 0.191 e. The largest absolute Gasteiger partial charge is 0.378 e. The minimum absolute atomic E-state index is 0.317. The Bertz CT molecular complexity index is 318. The maximum absolute atomic E-state index is 5.79. The molecule has 0 aliphatic rings. The molecule has 0 aromatic carbocycles. The molecule has 0 saturated heterocycles. The highest BCUT2D eigenvalue weighted by Gasteiger charge is 2.12. The number of nitrogens with one attached hydrogen (secondary N) is 2. The van der Waals surface area contributed by atoms with Gasteiger partial charge >= 0.3 is 0 Å². The lowest BCUT2D eigenvalue weighted by atomic mass is 10.0. The van der Waals surface area contributed by atoms with Gasteiger partial charge in [-0.15, -0.1) is 0 Å². The first-order valence-electron chi connectivity index (χ1n) is 9.76. The third kappa shape index (κ3) is 11.7. The number of unbranched alkanes of at least 4 members (excludes halogenated alkanes) is 1. The third-order valence-corrected chi connectivity index (χ3v) is 4.26. The Morgan fingerprint density at radius 2 is 1.79 bits per heavy atom. The van der Waals surface area contributed by atoms with E-state index >= 15 is 0 Å². The van der Waals surface area contributed by atoms with E-state index in [0.717, 1.165) is 51.6 Å². The molecule has 144 valence electrons. The molecule has 0 saturated carbocycles. The van der Waals surface area contributed by atoms with Gasteiger partial charge in [0.1, 0.15) is 0 Å². The standard InChI is InChI=1S/C19H42N4O/c1-8-20-19(21-13-10-11-15-23(7)17(5)6)22-14-12-18(16(3)4)24-9-2/h16-18H,8-15H2,1-7H3,(H2,20,21,22). The molecule has 0 amide bonds. The summed E-state index contributed by atoms with van der Waals surface area (Å²) in [6.07, 6.45) is 3.64. The first kappa shape index (κ1) is 23.2. The van der Waals surface area contributed by atoms with Crippen molar-refractivity contribution in [3.05, 3.63) is 0 Å². The number of hydrogen-bond acceptors (Lipinski definition) is 3. The number of rotatable bonds is 13. The van der Waals surface area contributed by atoms with E-state index in [1.165, 1.54) is 6.42 Å². The molecule has 0 aliphatic heterocycles. The van der Waals surface area contributed by atoms with Crippen LogP contribution < -0.4 is 10.6 Å². The fraction of sp³-hybridized carbons (Fsp3) is 0.947. The van der Waals surface area contributed by atoms with Crippen LogP contribution in [0, 0.1) is 5.92 Å². The van der Waals surface area contributed by atoms with Crippen molar-refractivity contribution in [1.29, 1.82) is 0 Å². The van der Waals surface area contributed by atoms with Crippen LogP contribution in [0.5, 0.6) is 0 Å². The van der Waals surface area contributed by atoms with Gasteiger partial charge in [-0.05, 0) is 66.5 Å². The number of nitrogens with zero attached hydrogens (tertiary/aromatic N) is 2. The lowest BCUT2D eigenvalue weighted by Gasteiger charge is -2.21. The zero-order chi connectivity index (χ0) is 18.4. The van der Waals surface area contributed by atoms with E-state index in [4.69, 9.17) is 4.74 Å². The van der Waals surface area contributed by atoms with Crippen LogP contribution in [-0.4, -0.2) is 62.8 Å². The van der Waals surface area contributed by atoms with Crippen molar-refractivity contribution in [3.8, 4) is 0 Å². The van der Waals surface area contributed by atoms with Crippen LogP contribution in [0.25, 0.3) is 0 Å². The second kappa shape index (κ2) is 14.5. The topological polar surface area (TPSA) is 48.9 Å². The summed E-state index contributed by atoms with van der Waals surface area (Å²) >= 11 is 0. The van der Waals surface area contributed by atoms with E-state index in [2.05, 4.69) is 69.1 Å². The van der Waals surface area contributed by atoms with Gasteiger partial charge < -0.3 is 20.3 Å². The molecule has 0 heterocycles. The van der Waals surface area contributed by atoms with Crippen molar-refractivity contribution in [2.45, 2.75) is 73.0 Å². The van der Waals surface area contributed by atoms with Crippen molar-refractivity contribution in [2.75, 3.05) is 39.8 Å². The molecule has 0 bridgehead atoms. The Morgan fingerprint density at radius 3 is 2.33 bits per heavy atom. The Balaban J connectivity index is 4.10. The monoisotopic (exact) mass is 342 g/mol. The molecule has 1 atom stereocenters. The van der Waals surface area contributed by atoms with Crippen LogP contribution in [-0.2, 0) is 4.74 Å². The second-order valence-corrected chi connectivity index (χ2v) is 7.00. The number of ether oxygens (including phenoxy) is 1. The molecule has 1 unspecified atom stereocenters. The van der Waals surface area contributed by atoms with Crippen molar-refractivity contribution in [2.24, 2.45) is 10.9 Å². The molecule has 0 rings (SSSR count). The molecule has 0 spiro atoms. The Labute approximate surface area is 150 Å². The van der Waals surface area contributed by atoms with Crippen molar-refractivity contribution in [3.63, 3.8) is 0 Å². The van der Waals surface area contributed by atoms with Crippen molar-refractivity contribution in [1.82, 2.24) is 15.5 Å². The molecule has 0 aromatic rings. The summed E-state index contributed by atoms with van der Waals surface area (Å²) in [7, 11) is 2.18. The zero-order valence-corrected chi connectivity index (χ0v) is 17.2. The van der Waals surface area contributed by atoms with Crippen LogP contribution in [0.4, 0.5) is 0 Å². The molecule has 2 N–H and O–H groups in total. The lowest BCUT2D eigenvalue weighted by molar-refractivity contribution is 0.0258. The minimum Gasteiger partial charge on any atom is -0.378 e. The van der Waals surface area contributed by atoms with E-state index in [1.807, 2.05) is 0 Å². The summed E-state index contributed by atoms with van der Waals surface area (Å²) in [5, 5.41) is 6.75. The summed E-state index contributed by atoms with van der Waals surface area (Å²) in [6, 6.07) is 0.617. The number of aliphatic imine (C=N–C) groups is 1. The molecule has 0 radical (unpaired) electrons. The van der Waals surface area contributed by atoms with E-state index in [0.29, 0.717) is 18.1 Å². The minimum atomic E-state index is 0.317. The predicted octanol–water partition coefficient (Wildman–Crippen LogP) is 3.11. The van der Waals surface area contributed by atoms with Crippen molar-refractivity contribution < 1.29 is 4.74 Å². The molecule has 0 aromatic heterocycles. The Hall–Kier alpha value is -0.810. The fourth-order valence-corrected chi connectivity index (χ4v) is 2.42. The number of hydrogen-bond donors (Lipinski definition) is 2. The molecule has 0 aliphatic carbocycles. The Morgan fingerprint density at radius 1 is 1.08 bits per heavy atom. The van der Waals surface area contributed by atoms with Gasteiger partial charge in [0.25, 0.3) is 0 Å². The summed E-state index contributed by atoms with van der Waals surface area (Å²) < 4.78 is 5.79. The van der Waals surface area contributed by atoms with Gasteiger partial charge in [0, 0.05) is 32.3 Å². The van der Waals surface area contributed by atoms with E-state index in [9.17, 15) is 0 Å². The predicted molar refractivity (Wildman–Crippen MR) is 106 cm³/mol. The molecule has 5 heteroatoms. The SMILES string of the molecule is CCNC(=NCCCCN(C)C(C)C)NCCC(OCC)C(C)C. The first-order valence-corrected chi connectivity index (χ1v) is 9.76. The van der Waals surface area contributed by atoms with Gasteiger partial charge in [-0.3, -0.25) is 4.99 Å². The average Bonchev–Trinajstić information content (AvgIpc) is 2.52. The summed E-state index contributed by atoms with van der Waals surface area (Å²) in [4.78, 5) is 7.06. The summed E-state index contributed by atoms with van der Waals surface area (Å²) in [6.45, 7) is 17.6. The van der Waals surface area contributed by atoms with Crippen LogP contribution in [0.3, 0.4) is 0 Å². The van der Waals surface area contributed by atoms with Gasteiger partial charge in [-0.2, -0.15) is 0 Å². The highest BCUT2D eigenvalue weighted by atomic mass is 16.5. The normalized spacial score (nSPS) is 13.8. The molecular formula is C19H42N4O. The van der Waals surface area contributed by atoms with Gasteiger partial charge in [0.05, 0.1) is 6.10 Å². The van der Waals surface area contributed by atoms with Crippen LogP contribution in [0.15, 0.2) is 4.99 Å². The summed E-state index contributed by atoms with van der Waals surface area (Å²) in [5.41, 5.74) is 0. The molecule has 24 heavy (non-hydrogen) atoms. The van der Waals surface area contributed by atoms with Gasteiger partial charge in [-0.1, -0.05) is 13.8 Å². The molecule has 0 fully saturated rings. The average molecular weight is 343 g/mol. The first-order chi connectivity index (χ1) is 11.4. The van der Waals surface area contributed by atoms with E-state index < -0.39 is 0 Å². The van der Waals surface area contributed by atoms with E-state index in [1.54, 1.807) is 0 Å². The maximum atomic E-state index is 5.79. The van der Waals surface area contributed by atoms with Gasteiger partial charge in [0.2, 0.25) is 0 Å². The van der Waals surface area contributed by atoms with Crippen LogP contribution in [0.1, 0.15) is 60.8 Å². The third-order valence-electron chi connectivity index (χ3n) is 4.26. The van der Waals surface area contributed by atoms with Gasteiger partial charge in [0.15, 0.2) is 5.96 Å². The highest BCUT2D eigenvalue weighted by Crippen LogP contribution is 2.09. The van der Waals surface area contributed by atoms with Gasteiger partial charge in [-0.25, -0.2) is 0 Å². The summed E-state index contributed by atoms with van der Waals surface area (Å²) in [5.74, 6) is 1.47.